The molecule has 0 saturated carbocycles. The highest BCUT2D eigenvalue weighted by Gasteiger charge is 2.08. The fourth-order valence-electron chi connectivity index (χ4n) is 1.42. The van der Waals surface area contributed by atoms with Crippen LogP contribution in [-0.4, -0.2) is 0 Å². The Labute approximate surface area is 103 Å². The van der Waals surface area contributed by atoms with Gasteiger partial charge in [-0.3, -0.25) is 0 Å². The molecule has 2 heteroatoms. The second-order valence-electron chi connectivity index (χ2n) is 3.42. The molecule has 14 heavy (non-hydrogen) atoms. The Morgan fingerprint density at radius 1 is 1.00 bits per heavy atom. The van der Waals surface area contributed by atoms with Crippen LogP contribution < -0.4 is 0 Å². The van der Waals surface area contributed by atoms with Crippen molar-refractivity contribution in [1.82, 2.24) is 0 Å². The van der Waals surface area contributed by atoms with E-state index in [-0.39, 0.29) is 0 Å². The van der Waals surface area contributed by atoms with E-state index in [1.165, 1.54) is 11.1 Å². The third-order valence-electron chi connectivity index (χ3n) is 2.35. The van der Waals surface area contributed by atoms with Gasteiger partial charge in [-0.1, -0.05) is 70.0 Å². The first-order valence-corrected chi connectivity index (χ1v) is 6.90. The van der Waals surface area contributed by atoms with E-state index in [4.69, 9.17) is 0 Å². The summed E-state index contributed by atoms with van der Waals surface area (Å²) >= 11 is 7.35. The number of alkyl halides is 2. The Balaban J connectivity index is 2.89. The summed E-state index contributed by atoms with van der Waals surface area (Å²) in [5.74, 6) is 0. The van der Waals surface area contributed by atoms with Gasteiger partial charge in [-0.15, -0.1) is 0 Å². The van der Waals surface area contributed by atoms with E-state index in [1.54, 1.807) is 0 Å². The zero-order valence-corrected chi connectivity index (χ0v) is 11.8. The van der Waals surface area contributed by atoms with Gasteiger partial charge in [0.1, 0.15) is 0 Å². The summed E-state index contributed by atoms with van der Waals surface area (Å²) in [5.41, 5.74) is 2.76. The summed E-state index contributed by atoms with van der Waals surface area (Å²) in [5, 5.41) is 0. The van der Waals surface area contributed by atoms with Gasteiger partial charge in [-0.25, -0.2) is 0 Å². The van der Waals surface area contributed by atoms with Crippen LogP contribution in [0.2, 0.25) is 0 Å². The van der Waals surface area contributed by atoms with Crippen molar-refractivity contribution in [3.63, 3.8) is 0 Å². The molecule has 0 amide bonds. The van der Waals surface area contributed by atoms with Crippen molar-refractivity contribution in [3.8, 4) is 0 Å². The highest BCUT2D eigenvalue weighted by Crippen LogP contribution is 2.31. The molecule has 78 valence electrons. The van der Waals surface area contributed by atoms with Crippen molar-refractivity contribution in [3.05, 3.63) is 35.4 Å². The number of benzene rings is 1. The molecular formula is C12H16Br2. The van der Waals surface area contributed by atoms with Crippen molar-refractivity contribution in [2.45, 2.75) is 36.3 Å². The van der Waals surface area contributed by atoms with Crippen molar-refractivity contribution in [1.29, 1.82) is 0 Å². The summed E-state index contributed by atoms with van der Waals surface area (Å²) in [4.78, 5) is 0.970. The summed E-state index contributed by atoms with van der Waals surface area (Å²) in [6.45, 7) is 4.38. The second-order valence-corrected chi connectivity index (χ2v) is 5.63. The van der Waals surface area contributed by atoms with Gasteiger partial charge in [0.05, 0.1) is 0 Å². The minimum absolute atomic E-state index is 0.485. The van der Waals surface area contributed by atoms with Crippen LogP contribution >= 0.6 is 31.9 Å². The minimum Gasteiger partial charge on any atom is -0.0839 e. The van der Waals surface area contributed by atoms with Gasteiger partial charge in [-0.2, -0.15) is 0 Å². The van der Waals surface area contributed by atoms with Crippen LogP contribution in [0.15, 0.2) is 24.3 Å². The summed E-state index contributed by atoms with van der Waals surface area (Å²) in [7, 11) is 0. The predicted molar refractivity (Wildman–Crippen MR) is 70.4 cm³/mol. The maximum absolute atomic E-state index is 3.67. The molecule has 1 aromatic rings. The molecule has 0 fully saturated rings. The normalized spacial score (nSPS) is 15.1. The topological polar surface area (TPSA) is 0 Å². The molecule has 0 aliphatic rings. The van der Waals surface area contributed by atoms with E-state index in [9.17, 15) is 0 Å². The van der Waals surface area contributed by atoms with Crippen LogP contribution in [0.1, 0.15) is 47.5 Å². The lowest BCUT2D eigenvalue weighted by Crippen LogP contribution is -1.92. The first kappa shape index (κ1) is 12.3. The monoisotopic (exact) mass is 318 g/mol. The molecule has 0 nitrogen and oxygen atoms in total. The van der Waals surface area contributed by atoms with Crippen LogP contribution in [0, 0.1) is 0 Å². The van der Waals surface area contributed by atoms with E-state index in [0.717, 1.165) is 12.8 Å². The Hall–Kier alpha value is 0.180. The average Bonchev–Trinajstić information content (AvgIpc) is 2.27. The summed E-state index contributed by atoms with van der Waals surface area (Å²) in [6.07, 6.45) is 2.26. The molecule has 2 atom stereocenters. The highest BCUT2D eigenvalue weighted by atomic mass is 79.9. The number of hydrogen-bond donors (Lipinski definition) is 0. The van der Waals surface area contributed by atoms with Gasteiger partial charge < -0.3 is 0 Å². The third-order valence-corrected chi connectivity index (χ3v) is 4.70. The fourth-order valence-corrected chi connectivity index (χ4v) is 1.99. The third kappa shape index (κ3) is 3.09. The quantitative estimate of drug-likeness (QED) is 0.654. The lowest BCUT2D eigenvalue weighted by atomic mass is 10.0. The molecule has 1 aromatic carbocycles. The molecule has 0 bridgehead atoms. The minimum atomic E-state index is 0.485. The second kappa shape index (κ2) is 5.92. The highest BCUT2D eigenvalue weighted by molar-refractivity contribution is 9.09. The van der Waals surface area contributed by atoms with Gasteiger partial charge in [0.15, 0.2) is 0 Å². The smallest absolute Gasteiger partial charge is 0.0392 e. The number of halogens is 2. The van der Waals surface area contributed by atoms with Crippen LogP contribution in [-0.2, 0) is 0 Å². The molecular weight excluding hydrogens is 304 g/mol. The lowest BCUT2D eigenvalue weighted by molar-refractivity contribution is 0.885. The Morgan fingerprint density at radius 2 is 1.43 bits per heavy atom. The predicted octanol–water partition coefficient (Wildman–Crippen LogP) is 5.38. The largest absolute Gasteiger partial charge is 0.0839 e. The SMILES string of the molecule is CCC(Br)c1cccc(C(Br)CC)c1. The zero-order valence-electron chi connectivity index (χ0n) is 8.63. The average molecular weight is 320 g/mol. The van der Waals surface area contributed by atoms with Crippen molar-refractivity contribution in [2.24, 2.45) is 0 Å². The maximum atomic E-state index is 3.67. The van der Waals surface area contributed by atoms with Gasteiger partial charge in [0.2, 0.25) is 0 Å². The summed E-state index contributed by atoms with van der Waals surface area (Å²) < 4.78 is 0. The first-order valence-electron chi connectivity index (χ1n) is 5.07. The fraction of sp³-hybridized carbons (Fsp3) is 0.500. The molecule has 0 heterocycles. The molecule has 0 aliphatic carbocycles. The van der Waals surface area contributed by atoms with Crippen LogP contribution in [0.5, 0.6) is 0 Å². The molecule has 0 radical (unpaired) electrons. The van der Waals surface area contributed by atoms with Crippen molar-refractivity contribution < 1.29 is 0 Å². The maximum Gasteiger partial charge on any atom is 0.0392 e. The van der Waals surface area contributed by atoms with Crippen LogP contribution in [0.4, 0.5) is 0 Å². The van der Waals surface area contributed by atoms with E-state index in [0.29, 0.717) is 9.65 Å². The van der Waals surface area contributed by atoms with Crippen LogP contribution in [0.25, 0.3) is 0 Å². The number of rotatable bonds is 4. The number of hydrogen-bond acceptors (Lipinski definition) is 0. The Bertz CT molecular complexity index is 258. The van der Waals surface area contributed by atoms with Gasteiger partial charge in [0, 0.05) is 9.65 Å². The van der Waals surface area contributed by atoms with E-state index in [2.05, 4.69) is 70.0 Å². The van der Waals surface area contributed by atoms with Crippen LogP contribution in [0.3, 0.4) is 0 Å². The van der Waals surface area contributed by atoms with Gasteiger partial charge in [0.25, 0.3) is 0 Å². The van der Waals surface area contributed by atoms with Gasteiger partial charge >= 0.3 is 0 Å². The van der Waals surface area contributed by atoms with E-state index < -0.39 is 0 Å². The zero-order chi connectivity index (χ0) is 10.6. The molecule has 2 unspecified atom stereocenters. The van der Waals surface area contributed by atoms with Gasteiger partial charge in [-0.05, 0) is 24.0 Å². The molecule has 0 spiro atoms. The standard InChI is InChI=1S/C12H16Br2/c1-3-11(13)9-6-5-7-10(8-9)12(14)4-2/h5-8,11-12H,3-4H2,1-2H3. The van der Waals surface area contributed by atoms with E-state index >= 15 is 0 Å². The molecule has 1 rings (SSSR count). The Kier molecular flexibility index (Phi) is 5.18. The van der Waals surface area contributed by atoms with Crippen molar-refractivity contribution >= 4 is 31.9 Å². The Morgan fingerprint density at radius 3 is 1.79 bits per heavy atom. The summed E-state index contributed by atoms with van der Waals surface area (Å²) in [6, 6.07) is 8.79. The molecule has 0 N–H and O–H groups in total. The molecule has 0 aliphatic heterocycles. The first-order chi connectivity index (χ1) is 6.69. The molecule has 0 aromatic heterocycles. The van der Waals surface area contributed by atoms with Crippen molar-refractivity contribution in [2.75, 3.05) is 0 Å². The van der Waals surface area contributed by atoms with E-state index in [1.807, 2.05) is 0 Å². The lowest BCUT2D eigenvalue weighted by Gasteiger charge is -2.12. The molecule has 0 saturated heterocycles.